The van der Waals surface area contributed by atoms with E-state index in [9.17, 15) is 0 Å². The van der Waals surface area contributed by atoms with Crippen molar-refractivity contribution in [3.05, 3.63) is 163 Å². The number of nitrogens with zero attached hydrogens (tertiary/aromatic N) is 3. The molecule has 4 nitrogen and oxygen atoms in total. The number of hydrogen-bond donors (Lipinski definition) is 0. The summed E-state index contributed by atoms with van der Waals surface area (Å²) < 4.78 is 8.78. The molecule has 0 spiro atoms. The van der Waals surface area contributed by atoms with Gasteiger partial charge in [-0.25, -0.2) is 15.0 Å². The van der Waals surface area contributed by atoms with Gasteiger partial charge in [0.05, 0.1) is 0 Å². The molecule has 0 radical (unpaired) electrons. The minimum atomic E-state index is -0.217. The highest BCUT2D eigenvalue weighted by atomic mass is 32.1. The average molecular weight is 698 g/mol. The Kier molecular flexibility index (Phi) is 6.43. The van der Waals surface area contributed by atoms with Gasteiger partial charge in [0.25, 0.3) is 0 Å². The summed E-state index contributed by atoms with van der Waals surface area (Å²) in [5, 5.41) is 4.79. The van der Waals surface area contributed by atoms with Gasteiger partial charge >= 0.3 is 0 Å². The lowest BCUT2D eigenvalue weighted by Gasteiger charge is -2.23. The summed E-state index contributed by atoms with van der Waals surface area (Å²) in [6.45, 7) is 4.68. The Balaban J connectivity index is 1.05. The van der Waals surface area contributed by atoms with Crippen molar-refractivity contribution in [1.82, 2.24) is 15.0 Å². The van der Waals surface area contributed by atoms with E-state index in [1.54, 1.807) is 11.3 Å². The minimum Gasteiger partial charge on any atom is -0.456 e. The van der Waals surface area contributed by atoms with Crippen LogP contribution in [0.5, 0.6) is 0 Å². The Hall–Kier alpha value is -6.43. The molecule has 0 saturated carbocycles. The molecule has 1 aliphatic carbocycles. The standard InChI is InChI=1S/C48H31N3OS/c1-48(2)37-27-30(22-23-32(37)33-24-25-39-43(44(33)48)34-16-6-8-19-38(34)52-39)29-14-10-15-31(26-29)46-49-45(28-12-4-3-5-13-28)50-47(51-46)36-18-11-21-41-42(36)35-17-7-9-20-40(35)53-41/h3-27H,1-2H3. The molecule has 11 rings (SSSR count). The molecule has 0 bridgehead atoms. The lowest BCUT2D eigenvalue weighted by atomic mass is 9.80. The second-order valence-electron chi connectivity index (χ2n) is 14.4. The molecule has 3 aromatic heterocycles. The van der Waals surface area contributed by atoms with Gasteiger partial charge in [0, 0.05) is 53.1 Å². The Morgan fingerprint density at radius 2 is 1.11 bits per heavy atom. The molecule has 0 unspecified atom stereocenters. The Bertz CT molecular complexity index is 3100. The largest absolute Gasteiger partial charge is 0.456 e. The summed E-state index contributed by atoms with van der Waals surface area (Å²) in [4.78, 5) is 15.4. The molecule has 0 N–H and O–H groups in total. The minimum absolute atomic E-state index is 0.217. The highest BCUT2D eigenvalue weighted by Gasteiger charge is 2.38. The highest BCUT2D eigenvalue weighted by molar-refractivity contribution is 7.25. The number of furan rings is 1. The molecular formula is C48H31N3OS. The lowest BCUT2D eigenvalue weighted by Crippen LogP contribution is -2.15. The number of fused-ring (bicyclic) bond motifs is 10. The zero-order valence-electron chi connectivity index (χ0n) is 29.1. The third kappa shape index (κ3) is 4.57. The summed E-state index contributed by atoms with van der Waals surface area (Å²) in [7, 11) is 0. The molecule has 3 heterocycles. The van der Waals surface area contributed by atoms with E-state index in [1.807, 2.05) is 24.3 Å². The molecule has 0 amide bonds. The second-order valence-corrected chi connectivity index (χ2v) is 15.5. The maximum absolute atomic E-state index is 6.31. The van der Waals surface area contributed by atoms with Crippen LogP contribution in [0.3, 0.4) is 0 Å². The van der Waals surface area contributed by atoms with E-state index in [-0.39, 0.29) is 5.41 Å². The van der Waals surface area contributed by atoms with Crippen LogP contribution in [0, 0.1) is 0 Å². The van der Waals surface area contributed by atoms with Crippen molar-refractivity contribution < 1.29 is 4.42 Å². The summed E-state index contributed by atoms with van der Waals surface area (Å²) in [6, 6.07) is 53.4. The van der Waals surface area contributed by atoms with Gasteiger partial charge in [-0.1, -0.05) is 129 Å². The summed E-state index contributed by atoms with van der Waals surface area (Å²) in [5.41, 5.74) is 12.0. The number of thiophene rings is 1. The lowest BCUT2D eigenvalue weighted by molar-refractivity contribution is 0.657. The van der Waals surface area contributed by atoms with Crippen LogP contribution in [0.25, 0.3) is 98.5 Å². The fourth-order valence-corrected chi connectivity index (χ4v) is 9.57. The van der Waals surface area contributed by atoms with Crippen molar-refractivity contribution in [3.63, 3.8) is 0 Å². The third-order valence-electron chi connectivity index (χ3n) is 10.9. The van der Waals surface area contributed by atoms with Gasteiger partial charge in [0.15, 0.2) is 17.5 Å². The fraction of sp³-hybridized carbons (Fsp3) is 0.0625. The average Bonchev–Trinajstić information content (AvgIpc) is 3.85. The molecule has 0 atom stereocenters. The van der Waals surface area contributed by atoms with E-state index in [1.165, 1.54) is 53.2 Å². The molecule has 53 heavy (non-hydrogen) atoms. The van der Waals surface area contributed by atoms with Crippen LogP contribution in [0.4, 0.5) is 0 Å². The monoisotopic (exact) mass is 697 g/mol. The van der Waals surface area contributed by atoms with E-state index >= 15 is 0 Å². The van der Waals surface area contributed by atoms with Crippen LogP contribution < -0.4 is 0 Å². The molecule has 7 aromatic carbocycles. The molecule has 0 saturated heterocycles. The van der Waals surface area contributed by atoms with Crippen LogP contribution in [0.2, 0.25) is 0 Å². The Morgan fingerprint density at radius 3 is 2.00 bits per heavy atom. The molecular weight excluding hydrogens is 667 g/mol. The smallest absolute Gasteiger partial charge is 0.164 e. The van der Waals surface area contributed by atoms with Crippen LogP contribution in [-0.2, 0) is 5.41 Å². The number of rotatable bonds is 4. The van der Waals surface area contributed by atoms with E-state index < -0.39 is 0 Å². The Labute approximate surface area is 310 Å². The molecule has 1 aliphatic rings. The summed E-state index contributed by atoms with van der Waals surface area (Å²) in [6.07, 6.45) is 0. The first-order valence-corrected chi connectivity index (χ1v) is 18.8. The maximum atomic E-state index is 6.31. The molecule has 5 heteroatoms. The van der Waals surface area contributed by atoms with E-state index in [0.29, 0.717) is 17.5 Å². The first-order valence-electron chi connectivity index (χ1n) is 17.9. The predicted molar refractivity (Wildman–Crippen MR) is 219 cm³/mol. The first kappa shape index (κ1) is 30.2. The van der Waals surface area contributed by atoms with Gasteiger partial charge in [0.2, 0.25) is 0 Å². The Morgan fingerprint density at radius 1 is 0.453 bits per heavy atom. The molecule has 10 aromatic rings. The van der Waals surface area contributed by atoms with E-state index in [2.05, 4.69) is 141 Å². The van der Waals surface area contributed by atoms with Crippen LogP contribution in [0.15, 0.2) is 156 Å². The predicted octanol–water partition coefficient (Wildman–Crippen LogP) is 13.1. The number of aromatic nitrogens is 3. The SMILES string of the molecule is CC1(C)c2cc(-c3cccc(-c4nc(-c5ccccc5)nc(-c5cccc6sc7ccccc7c56)n4)c3)ccc2-c2ccc3oc4ccccc4c3c21. The maximum Gasteiger partial charge on any atom is 0.164 e. The second kappa shape index (κ2) is 11.3. The van der Waals surface area contributed by atoms with Crippen molar-refractivity contribution in [1.29, 1.82) is 0 Å². The molecule has 250 valence electrons. The van der Waals surface area contributed by atoms with Crippen molar-refractivity contribution in [3.8, 4) is 56.4 Å². The van der Waals surface area contributed by atoms with Gasteiger partial charge < -0.3 is 4.42 Å². The number of benzene rings is 7. The van der Waals surface area contributed by atoms with E-state index in [4.69, 9.17) is 19.4 Å². The van der Waals surface area contributed by atoms with Crippen LogP contribution >= 0.6 is 11.3 Å². The third-order valence-corrected chi connectivity index (χ3v) is 12.1. The zero-order chi connectivity index (χ0) is 35.3. The molecule has 0 aliphatic heterocycles. The van der Waals surface area contributed by atoms with Gasteiger partial charge in [-0.2, -0.15) is 0 Å². The topological polar surface area (TPSA) is 51.8 Å². The molecule has 0 fully saturated rings. The van der Waals surface area contributed by atoms with Gasteiger partial charge in [-0.3, -0.25) is 0 Å². The summed E-state index contributed by atoms with van der Waals surface area (Å²) >= 11 is 1.80. The van der Waals surface area contributed by atoms with Crippen molar-refractivity contribution in [2.75, 3.05) is 0 Å². The first-order chi connectivity index (χ1) is 26.0. The van der Waals surface area contributed by atoms with Crippen molar-refractivity contribution >= 4 is 53.4 Å². The van der Waals surface area contributed by atoms with Crippen molar-refractivity contribution in [2.24, 2.45) is 0 Å². The number of para-hydroxylation sites is 1. The summed E-state index contributed by atoms with van der Waals surface area (Å²) in [5.74, 6) is 1.97. The van der Waals surface area contributed by atoms with Crippen LogP contribution in [0.1, 0.15) is 25.0 Å². The fourth-order valence-electron chi connectivity index (χ4n) is 8.44. The number of hydrogen-bond acceptors (Lipinski definition) is 5. The van der Waals surface area contributed by atoms with Crippen LogP contribution in [-0.4, -0.2) is 15.0 Å². The van der Waals surface area contributed by atoms with Gasteiger partial charge in [-0.05, 0) is 69.8 Å². The van der Waals surface area contributed by atoms with Gasteiger partial charge in [-0.15, -0.1) is 11.3 Å². The van der Waals surface area contributed by atoms with E-state index in [0.717, 1.165) is 39.0 Å². The highest BCUT2D eigenvalue weighted by Crippen LogP contribution is 2.53. The quantitative estimate of drug-likeness (QED) is 0.184. The zero-order valence-corrected chi connectivity index (χ0v) is 29.9. The van der Waals surface area contributed by atoms with Gasteiger partial charge in [0.1, 0.15) is 11.2 Å². The van der Waals surface area contributed by atoms with Crippen molar-refractivity contribution in [2.45, 2.75) is 19.3 Å². The normalized spacial score (nSPS) is 13.2.